The van der Waals surface area contributed by atoms with Gasteiger partial charge in [0, 0.05) is 12.1 Å². The van der Waals surface area contributed by atoms with E-state index < -0.39 is 22.1 Å². The third-order valence-corrected chi connectivity index (χ3v) is 4.03. The molecule has 0 unspecified atom stereocenters. The average molecular weight is 370 g/mol. The molecule has 1 amide bonds. The molecular formula is C17H26N2O5S. The topological polar surface area (TPSA) is 92.8 Å². The Labute approximate surface area is 149 Å². The lowest BCUT2D eigenvalue weighted by Gasteiger charge is -2.32. The summed E-state index contributed by atoms with van der Waals surface area (Å²) in [7, 11) is -3.55. The van der Waals surface area contributed by atoms with E-state index in [9.17, 15) is 18.0 Å². The maximum atomic E-state index is 12.5. The molecule has 25 heavy (non-hydrogen) atoms. The van der Waals surface area contributed by atoms with Gasteiger partial charge in [-0.25, -0.2) is 13.2 Å². The van der Waals surface area contributed by atoms with Crippen molar-refractivity contribution in [2.45, 2.75) is 52.8 Å². The molecule has 1 aromatic rings. The highest BCUT2D eigenvalue weighted by Gasteiger charge is 2.28. The van der Waals surface area contributed by atoms with Crippen LogP contribution in [0, 0.1) is 0 Å². The summed E-state index contributed by atoms with van der Waals surface area (Å²) in [4.78, 5) is 26.6. The van der Waals surface area contributed by atoms with Crippen LogP contribution in [0.3, 0.4) is 0 Å². The average Bonchev–Trinajstić information content (AvgIpc) is 2.44. The number of carbonyl (C=O) groups is 2. The molecule has 0 aromatic heterocycles. The van der Waals surface area contributed by atoms with Gasteiger partial charge < -0.3 is 9.64 Å². The number of anilines is 1. The summed E-state index contributed by atoms with van der Waals surface area (Å²) in [6.07, 6.45) is 0.00770. The number of nitrogens with zero attached hydrogens (tertiary/aromatic N) is 1. The maximum Gasteiger partial charge on any atom is 0.341 e. The fourth-order valence-corrected chi connectivity index (χ4v) is 3.12. The predicted octanol–water partition coefficient (Wildman–Crippen LogP) is 2.25. The minimum Gasteiger partial charge on any atom is -0.449 e. The van der Waals surface area contributed by atoms with Gasteiger partial charge in [0.2, 0.25) is 10.0 Å². The zero-order chi connectivity index (χ0) is 19.4. The SMILES string of the molecule is CC(C)N(C(=O)[C@H](C)OC(=O)c1ccccc1NS(C)(=O)=O)C(C)C. The van der Waals surface area contributed by atoms with E-state index in [1.54, 1.807) is 17.0 Å². The molecule has 1 N–H and O–H groups in total. The van der Waals surface area contributed by atoms with E-state index in [0.717, 1.165) is 6.26 Å². The summed E-state index contributed by atoms with van der Waals surface area (Å²) < 4.78 is 30.4. The lowest BCUT2D eigenvalue weighted by Crippen LogP contribution is -2.47. The molecule has 0 saturated carbocycles. The van der Waals surface area contributed by atoms with Crippen LogP contribution in [0.5, 0.6) is 0 Å². The standard InChI is InChI=1S/C17H26N2O5S/c1-11(2)19(12(3)4)16(20)13(5)24-17(21)14-9-7-8-10-15(14)18-25(6,22)23/h7-13,18H,1-6H3/t13-/m0/s1. The summed E-state index contributed by atoms with van der Waals surface area (Å²) >= 11 is 0. The molecule has 0 aliphatic heterocycles. The fourth-order valence-electron chi connectivity index (χ4n) is 2.54. The van der Waals surface area contributed by atoms with E-state index in [0.29, 0.717) is 0 Å². The fraction of sp³-hybridized carbons (Fsp3) is 0.529. The molecule has 140 valence electrons. The summed E-state index contributed by atoms with van der Waals surface area (Å²) in [5.41, 5.74) is 0.160. The van der Waals surface area contributed by atoms with Gasteiger partial charge in [-0.3, -0.25) is 9.52 Å². The Morgan fingerprint density at radius 2 is 1.56 bits per heavy atom. The lowest BCUT2D eigenvalue weighted by molar-refractivity contribution is -0.143. The van der Waals surface area contributed by atoms with Gasteiger partial charge in [0.05, 0.1) is 17.5 Å². The van der Waals surface area contributed by atoms with E-state index in [4.69, 9.17) is 4.74 Å². The van der Waals surface area contributed by atoms with Crippen LogP contribution in [0.4, 0.5) is 5.69 Å². The molecule has 0 bridgehead atoms. The number of benzene rings is 1. The molecule has 0 fully saturated rings. The smallest absolute Gasteiger partial charge is 0.341 e. The van der Waals surface area contributed by atoms with Gasteiger partial charge in [-0.1, -0.05) is 12.1 Å². The van der Waals surface area contributed by atoms with Gasteiger partial charge in [-0.2, -0.15) is 0 Å². The van der Waals surface area contributed by atoms with Crippen LogP contribution in [0.25, 0.3) is 0 Å². The molecular weight excluding hydrogens is 344 g/mol. The quantitative estimate of drug-likeness (QED) is 0.743. The monoisotopic (exact) mass is 370 g/mol. The second kappa shape index (κ2) is 8.33. The molecule has 1 atom stereocenters. The highest BCUT2D eigenvalue weighted by molar-refractivity contribution is 7.92. The van der Waals surface area contributed by atoms with Gasteiger partial charge in [-0.05, 0) is 46.8 Å². The molecule has 0 radical (unpaired) electrons. The number of carbonyl (C=O) groups excluding carboxylic acids is 2. The van der Waals surface area contributed by atoms with Crippen molar-refractivity contribution in [2.24, 2.45) is 0 Å². The highest BCUT2D eigenvalue weighted by Crippen LogP contribution is 2.19. The lowest BCUT2D eigenvalue weighted by atomic mass is 10.1. The Kier molecular flexibility index (Phi) is 6.98. The Morgan fingerprint density at radius 3 is 2.04 bits per heavy atom. The third kappa shape index (κ3) is 6.04. The van der Waals surface area contributed by atoms with Crippen molar-refractivity contribution >= 4 is 27.6 Å². The van der Waals surface area contributed by atoms with Crippen molar-refractivity contribution in [3.63, 3.8) is 0 Å². The summed E-state index contributed by atoms with van der Waals surface area (Å²) in [5.74, 6) is -1.06. The van der Waals surface area contributed by atoms with Crippen LogP contribution in [0.2, 0.25) is 0 Å². The summed E-state index contributed by atoms with van der Waals surface area (Å²) in [6, 6.07) is 6.01. The molecule has 1 rings (SSSR count). The van der Waals surface area contributed by atoms with E-state index in [1.807, 2.05) is 27.7 Å². The van der Waals surface area contributed by atoms with Gasteiger partial charge in [0.1, 0.15) is 0 Å². The maximum absolute atomic E-state index is 12.5. The molecule has 0 saturated heterocycles. The minimum absolute atomic E-state index is 0.0344. The van der Waals surface area contributed by atoms with Crippen molar-refractivity contribution in [3.8, 4) is 0 Å². The molecule has 7 nitrogen and oxygen atoms in total. The zero-order valence-electron chi connectivity index (χ0n) is 15.4. The van der Waals surface area contributed by atoms with Crippen molar-refractivity contribution in [1.29, 1.82) is 0 Å². The van der Waals surface area contributed by atoms with Crippen LogP contribution in [-0.2, 0) is 19.6 Å². The number of amides is 1. The Hall–Kier alpha value is -2.09. The van der Waals surface area contributed by atoms with Crippen LogP contribution < -0.4 is 4.72 Å². The molecule has 8 heteroatoms. The third-order valence-electron chi connectivity index (χ3n) is 3.44. The zero-order valence-corrected chi connectivity index (χ0v) is 16.3. The largest absolute Gasteiger partial charge is 0.449 e. The highest BCUT2D eigenvalue weighted by atomic mass is 32.2. The van der Waals surface area contributed by atoms with Crippen LogP contribution in [0.15, 0.2) is 24.3 Å². The number of hydrogen-bond acceptors (Lipinski definition) is 5. The van der Waals surface area contributed by atoms with E-state index >= 15 is 0 Å². The number of para-hydroxylation sites is 1. The normalized spacial score (nSPS) is 12.8. The number of ether oxygens (including phenoxy) is 1. The number of esters is 1. The van der Waals surface area contributed by atoms with Gasteiger partial charge in [-0.15, -0.1) is 0 Å². The van der Waals surface area contributed by atoms with E-state index in [-0.39, 0.29) is 29.2 Å². The number of sulfonamides is 1. The molecule has 0 heterocycles. The first-order valence-electron chi connectivity index (χ1n) is 8.04. The Balaban J connectivity index is 2.98. The number of rotatable bonds is 7. The van der Waals surface area contributed by atoms with Crippen LogP contribution in [-0.4, -0.2) is 49.6 Å². The van der Waals surface area contributed by atoms with Crippen molar-refractivity contribution < 1.29 is 22.7 Å². The Bertz CT molecular complexity index is 720. The minimum atomic E-state index is -3.55. The molecule has 1 aromatic carbocycles. The van der Waals surface area contributed by atoms with Crippen molar-refractivity contribution in [3.05, 3.63) is 29.8 Å². The van der Waals surface area contributed by atoms with Gasteiger partial charge >= 0.3 is 5.97 Å². The molecule has 0 spiro atoms. The number of hydrogen-bond donors (Lipinski definition) is 1. The summed E-state index contributed by atoms with van der Waals surface area (Å²) in [6.45, 7) is 9.05. The Morgan fingerprint density at radius 1 is 1.04 bits per heavy atom. The first-order chi connectivity index (χ1) is 11.4. The second-order valence-electron chi connectivity index (χ2n) is 6.40. The van der Waals surface area contributed by atoms with Crippen LogP contribution >= 0.6 is 0 Å². The van der Waals surface area contributed by atoms with Crippen LogP contribution in [0.1, 0.15) is 45.0 Å². The predicted molar refractivity (Wildman–Crippen MR) is 96.9 cm³/mol. The van der Waals surface area contributed by atoms with Gasteiger partial charge in [0.15, 0.2) is 6.10 Å². The molecule has 0 aliphatic rings. The van der Waals surface area contributed by atoms with E-state index in [1.165, 1.54) is 19.1 Å². The number of nitrogens with one attached hydrogen (secondary N) is 1. The van der Waals surface area contributed by atoms with Crippen molar-refractivity contribution in [2.75, 3.05) is 11.0 Å². The molecule has 0 aliphatic carbocycles. The van der Waals surface area contributed by atoms with E-state index in [2.05, 4.69) is 4.72 Å². The van der Waals surface area contributed by atoms with Crippen molar-refractivity contribution in [1.82, 2.24) is 4.90 Å². The first kappa shape index (κ1) is 21.0. The second-order valence-corrected chi connectivity index (χ2v) is 8.15. The summed E-state index contributed by atoms with van der Waals surface area (Å²) in [5, 5.41) is 0. The first-order valence-corrected chi connectivity index (χ1v) is 9.93. The van der Waals surface area contributed by atoms with Gasteiger partial charge in [0.25, 0.3) is 5.91 Å².